The summed E-state index contributed by atoms with van der Waals surface area (Å²) in [6.07, 6.45) is 1.03. The number of likely N-dealkylation sites (N-methyl/N-ethyl adjacent to an activating group) is 1. The summed E-state index contributed by atoms with van der Waals surface area (Å²) in [4.78, 5) is 66.2. The lowest BCUT2D eigenvalue weighted by Gasteiger charge is -2.28. The number of nitrogens with one attached hydrogen (secondary N) is 3. The Bertz CT molecular complexity index is 1170. The number of fused-ring (bicyclic) bond motifs is 1. The zero-order valence-corrected chi connectivity index (χ0v) is 21.3. The number of esters is 1. The second-order valence-corrected chi connectivity index (χ2v) is 11.3. The fourth-order valence-corrected chi connectivity index (χ4v) is 5.92. The number of benzene rings is 1. The lowest BCUT2D eigenvalue weighted by molar-refractivity contribution is -0.139. The van der Waals surface area contributed by atoms with Gasteiger partial charge < -0.3 is 25.2 Å². The van der Waals surface area contributed by atoms with Gasteiger partial charge in [0.15, 0.2) is 0 Å². The normalized spacial score (nSPS) is 27.0. The zero-order valence-electron chi connectivity index (χ0n) is 20.4. The number of carbonyl (C=O) groups is 5. The minimum absolute atomic E-state index is 0.0811. The third-order valence-corrected chi connectivity index (χ3v) is 7.74. The van der Waals surface area contributed by atoms with Crippen molar-refractivity contribution in [3.8, 4) is 0 Å². The predicted octanol–water partition coefficient (Wildman–Crippen LogP) is -0.528. The molecular formula is C23H31N5O7S. The Morgan fingerprint density at radius 2 is 1.92 bits per heavy atom. The number of hydrogen-bond acceptors (Lipinski definition) is 8. The summed E-state index contributed by atoms with van der Waals surface area (Å²) in [6, 6.07) is 2.74. The predicted molar refractivity (Wildman–Crippen MR) is 129 cm³/mol. The van der Waals surface area contributed by atoms with E-state index >= 15 is 0 Å². The van der Waals surface area contributed by atoms with Crippen molar-refractivity contribution in [1.29, 1.82) is 4.78 Å². The van der Waals surface area contributed by atoms with Crippen LogP contribution in [0.2, 0.25) is 0 Å². The lowest BCUT2D eigenvalue weighted by atomic mass is 10.1. The third kappa shape index (κ3) is 6.39. The van der Waals surface area contributed by atoms with Crippen molar-refractivity contribution < 1.29 is 32.9 Å². The van der Waals surface area contributed by atoms with Gasteiger partial charge in [-0.15, -0.1) is 0 Å². The number of carbonyl (C=O) groups excluding carboxylic acids is 5. The van der Waals surface area contributed by atoms with Crippen LogP contribution in [0.25, 0.3) is 0 Å². The first-order valence-corrected chi connectivity index (χ1v) is 13.4. The van der Waals surface area contributed by atoms with Gasteiger partial charge in [0, 0.05) is 27.6 Å². The standard InChI is InChI=1S/C23H31N5O7S/c1-14(29)28-10-6-9-19(28)21(31)25-17-11-35-23(33)16-8-5-4-7-15(16)12-36(24,34)13-18(26-20(17)30)22(32)27(2)3/h4-5,7-8,17-19,24H,6,9-13H2,1-3H3,(H,25,31)(H,26,30)/t17-,18-,19+,36?/m1/s1. The van der Waals surface area contributed by atoms with Crippen LogP contribution in [0.5, 0.6) is 0 Å². The van der Waals surface area contributed by atoms with Gasteiger partial charge in [-0.25, -0.2) is 9.00 Å². The Morgan fingerprint density at radius 3 is 2.58 bits per heavy atom. The molecule has 2 aliphatic heterocycles. The van der Waals surface area contributed by atoms with Crippen LogP contribution in [0.4, 0.5) is 0 Å². The summed E-state index contributed by atoms with van der Waals surface area (Å²) in [5, 5.41) is 5.01. The Labute approximate surface area is 209 Å². The number of ether oxygens (including phenoxy) is 1. The molecule has 1 unspecified atom stereocenters. The molecule has 1 aromatic carbocycles. The molecule has 1 saturated heterocycles. The molecule has 196 valence electrons. The molecule has 1 aromatic rings. The maximum Gasteiger partial charge on any atom is 0.338 e. The van der Waals surface area contributed by atoms with Gasteiger partial charge in [0.1, 0.15) is 24.7 Å². The molecule has 4 amide bonds. The molecule has 2 heterocycles. The van der Waals surface area contributed by atoms with Crippen molar-refractivity contribution in [3.05, 3.63) is 35.4 Å². The monoisotopic (exact) mass is 521 g/mol. The Kier molecular flexibility index (Phi) is 8.33. The maximum absolute atomic E-state index is 13.2. The van der Waals surface area contributed by atoms with Gasteiger partial charge in [-0.2, -0.15) is 0 Å². The molecule has 12 nitrogen and oxygen atoms in total. The van der Waals surface area contributed by atoms with Crippen LogP contribution in [0.1, 0.15) is 35.7 Å². The van der Waals surface area contributed by atoms with Crippen LogP contribution >= 0.6 is 0 Å². The van der Waals surface area contributed by atoms with Crippen LogP contribution in [-0.4, -0.2) is 94.7 Å². The smallest absolute Gasteiger partial charge is 0.338 e. The molecule has 0 saturated carbocycles. The van der Waals surface area contributed by atoms with Gasteiger partial charge in [0.2, 0.25) is 23.6 Å². The molecule has 3 N–H and O–H groups in total. The third-order valence-electron chi connectivity index (χ3n) is 6.09. The minimum Gasteiger partial charge on any atom is -0.459 e. The number of rotatable bonds is 3. The van der Waals surface area contributed by atoms with E-state index in [1.807, 2.05) is 0 Å². The zero-order chi connectivity index (χ0) is 26.6. The van der Waals surface area contributed by atoms with E-state index in [0.717, 1.165) is 0 Å². The van der Waals surface area contributed by atoms with Gasteiger partial charge in [0.05, 0.1) is 26.8 Å². The van der Waals surface area contributed by atoms with E-state index in [1.165, 1.54) is 36.9 Å². The van der Waals surface area contributed by atoms with E-state index in [9.17, 15) is 28.2 Å². The van der Waals surface area contributed by atoms with Crippen molar-refractivity contribution in [2.75, 3.05) is 33.0 Å². The first kappa shape index (κ1) is 27.1. The molecule has 0 bridgehead atoms. The van der Waals surface area contributed by atoms with E-state index in [1.54, 1.807) is 18.2 Å². The van der Waals surface area contributed by atoms with Crippen LogP contribution in [0.3, 0.4) is 0 Å². The SMILES string of the molecule is CC(=O)N1CCC[C@H]1C(=O)N[C@@H]1COC(=O)c2ccccc2CS(=N)(=O)C[C@H](C(=O)N(C)C)NC1=O. The fraction of sp³-hybridized carbons (Fsp3) is 0.522. The highest BCUT2D eigenvalue weighted by Crippen LogP contribution is 2.19. The van der Waals surface area contributed by atoms with Gasteiger partial charge in [-0.05, 0) is 24.5 Å². The summed E-state index contributed by atoms with van der Waals surface area (Å²) in [6.45, 7) is 1.23. The molecule has 36 heavy (non-hydrogen) atoms. The first-order chi connectivity index (χ1) is 16.9. The van der Waals surface area contributed by atoms with Gasteiger partial charge in [-0.3, -0.25) is 24.0 Å². The van der Waals surface area contributed by atoms with Crippen molar-refractivity contribution in [3.63, 3.8) is 0 Å². The average molecular weight is 522 g/mol. The van der Waals surface area contributed by atoms with E-state index in [-0.39, 0.29) is 17.2 Å². The van der Waals surface area contributed by atoms with Gasteiger partial charge >= 0.3 is 5.97 Å². The fourth-order valence-electron chi connectivity index (χ4n) is 4.29. The molecule has 0 aliphatic carbocycles. The lowest BCUT2D eigenvalue weighted by Crippen LogP contribution is -2.59. The van der Waals surface area contributed by atoms with Crippen LogP contribution in [0.15, 0.2) is 24.3 Å². The number of nitrogens with zero attached hydrogens (tertiary/aromatic N) is 2. The number of amides is 4. The highest BCUT2D eigenvalue weighted by atomic mass is 32.2. The summed E-state index contributed by atoms with van der Waals surface area (Å²) in [7, 11) is -0.547. The van der Waals surface area contributed by atoms with Crippen molar-refractivity contribution >= 4 is 39.3 Å². The molecule has 0 radical (unpaired) electrons. The van der Waals surface area contributed by atoms with Crippen LogP contribution < -0.4 is 10.6 Å². The van der Waals surface area contributed by atoms with E-state index < -0.39 is 63.9 Å². The van der Waals surface area contributed by atoms with Gasteiger partial charge in [0.25, 0.3) is 0 Å². The quantitative estimate of drug-likeness (QED) is 0.450. The molecule has 1 fully saturated rings. The molecule has 0 aromatic heterocycles. The Hall–Kier alpha value is -3.48. The molecule has 13 heteroatoms. The maximum atomic E-state index is 13.2. The topological polar surface area (TPSA) is 166 Å². The number of cyclic esters (lactones) is 1. The number of hydrogen-bond donors (Lipinski definition) is 3. The molecule has 4 atom stereocenters. The van der Waals surface area contributed by atoms with E-state index in [0.29, 0.717) is 24.9 Å². The summed E-state index contributed by atoms with van der Waals surface area (Å²) >= 11 is 0. The van der Waals surface area contributed by atoms with E-state index in [2.05, 4.69) is 10.6 Å². The van der Waals surface area contributed by atoms with Crippen LogP contribution in [0, 0.1) is 4.78 Å². The number of likely N-dealkylation sites (tertiary alicyclic amines) is 1. The molecule has 0 spiro atoms. The first-order valence-electron chi connectivity index (χ1n) is 11.5. The Morgan fingerprint density at radius 1 is 1.22 bits per heavy atom. The summed E-state index contributed by atoms with van der Waals surface area (Å²) in [5.74, 6) is -3.89. The summed E-state index contributed by atoms with van der Waals surface area (Å²) in [5.41, 5.74) is 0.395. The molecule has 3 rings (SSSR count). The largest absolute Gasteiger partial charge is 0.459 e. The molecule has 2 aliphatic rings. The van der Waals surface area contributed by atoms with Crippen molar-refractivity contribution in [2.24, 2.45) is 0 Å². The van der Waals surface area contributed by atoms with Crippen molar-refractivity contribution in [2.45, 2.75) is 43.6 Å². The molecular weight excluding hydrogens is 490 g/mol. The minimum atomic E-state index is -3.47. The highest BCUT2D eigenvalue weighted by molar-refractivity contribution is 7.91. The Balaban J connectivity index is 1.94. The summed E-state index contributed by atoms with van der Waals surface area (Å²) < 4.78 is 26.9. The van der Waals surface area contributed by atoms with Crippen molar-refractivity contribution in [1.82, 2.24) is 20.4 Å². The average Bonchev–Trinajstić information content (AvgIpc) is 3.30. The van der Waals surface area contributed by atoms with Crippen LogP contribution in [-0.2, 0) is 39.4 Å². The second-order valence-electron chi connectivity index (χ2n) is 9.10. The second kappa shape index (κ2) is 11.1. The van der Waals surface area contributed by atoms with Gasteiger partial charge in [-0.1, -0.05) is 18.2 Å². The highest BCUT2D eigenvalue weighted by Gasteiger charge is 2.37. The van der Waals surface area contributed by atoms with E-state index in [4.69, 9.17) is 9.52 Å².